The lowest BCUT2D eigenvalue weighted by Gasteiger charge is -2.13. The van der Waals surface area contributed by atoms with Gasteiger partial charge in [-0.2, -0.15) is 0 Å². The first kappa shape index (κ1) is 22.4. The van der Waals surface area contributed by atoms with Crippen molar-refractivity contribution in [1.82, 2.24) is 14.9 Å². The van der Waals surface area contributed by atoms with E-state index in [-0.39, 0.29) is 10.8 Å². The summed E-state index contributed by atoms with van der Waals surface area (Å²) in [4.78, 5) is 22.2. The molecule has 3 heterocycles. The number of benzene rings is 2. The molecule has 0 atom stereocenters. The molecule has 1 aliphatic heterocycles. The highest BCUT2D eigenvalue weighted by atomic mass is 32.2. The molecular formula is C26H20N4O4S. The molecule has 4 aromatic rings. The van der Waals surface area contributed by atoms with Crippen molar-refractivity contribution in [2.45, 2.75) is 11.4 Å². The predicted octanol–water partition coefficient (Wildman–Crippen LogP) is 3.42. The Balaban J connectivity index is 1.48. The van der Waals surface area contributed by atoms with E-state index in [0.717, 1.165) is 5.56 Å². The van der Waals surface area contributed by atoms with Crippen molar-refractivity contribution in [3.63, 3.8) is 0 Å². The monoisotopic (exact) mass is 484 g/mol. The molecule has 0 aliphatic carbocycles. The number of nitrogens with one attached hydrogen (secondary N) is 1. The van der Waals surface area contributed by atoms with Crippen molar-refractivity contribution in [3.8, 4) is 17.6 Å². The topological polar surface area (TPSA) is 101 Å². The maximum atomic E-state index is 13.3. The number of rotatable bonds is 4. The van der Waals surface area contributed by atoms with Gasteiger partial charge in [0.05, 0.1) is 18.3 Å². The molecule has 0 fully saturated rings. The van der Waals surface area contributed by atoms with Crippen LogP contribution in [-0.2, 0) is 16.6 Å². The van der Waals surface area contributed by atoms with Gasteiger partial charge in [0.25, 0.3) is 15.9 Å². The van der Waals surface area contributed by atoms with E-state index in [0.29, 0.717) is 45.7 Å². The molecule has 8 nitrogen and oxygen atoms in total. The van der Waals surface area contributed by atoms with Gasteiger partial charge in [0.15, 0.2) is 0 Å². The molecule has 0 radical (unpaired) electrons. The summed E-state index contributed by atoms with van der Waals surface area (Å²) in [6.07, 6.45) is 3.08. The van der Waals surface area contributed by atoms with E-state index in [1.165, 1.54) is 19.4 Å². The molecule has 174 valence electrons. The average Bonchev–Trinajstić information content (AvgIpc) is 3.15. The second kappa shape index (κ2) is 8.74. The third-order valence-electron chi connectivity index (χ3n) is 5.64. The summed E-state index contributed by atoms with van der Waals surface area (Å²) in [6, 6.07) is 15.3. The number of pyridine rings is 2. The molecule has 9 heteroatoms. The third-order valence-corrected chi connectivity index (χ3v) is 7.04. The number of hydrogen-bond donors (Lipinski definition) is 1. The van der Waals surface area contributed by atoms with Gasteiger partial charge in [-0.1, -0.05) is 24.0 Å². The molecule has 5 rings (SSSR count). The van der Waals surface area contributed by atoms with Gasteiger partial charge in [-0.05, 0) is 42.5 Å². The number of amides is 1. The summed E-state index contributed by atoms with van der Waals surface area (Å²) in [5, 5.41) is 0.596. The van der Waals surface area contributed by atoms with E-state index in [1.807, 2.05) is 6.07 Å². The summed E-state index contributed by atoms with van der Waals surface area (Å²) in [7, 11) is -0.737. The molecule has 35 heavy (non-hydrogen) atoms. The fourth-order valence-electron chi connectivity index (χ4n) is 3.94. The predicted molar refractivity (Wildman–Crippen MR) is 132 cm³/mol. The van der Waals surface area contributed by atoms with Gasteiger partial charge in [-0.15, -0.1) is 0 Å². The minimum atomic E-state index is -3.98. The van der Waals surface area contributed by atoms with Crippen molar-refractivity contribution in [1.29, 1.82) is 0 Å². The summed E-state index contributed by atoms with van der Waals surface area (Å²) in [6.45, 7) is 0.483. The van der Waals surface area contributed by atoms with Crippen molar-refractivity contribution in [2.75, 3.05) is 18.9 Å². The molecule has 1 aliphatic rings. The van der Waals surface area contributed by atoms with Gasteiger partial charge in [0.2, 0.25) is 0 Å². The van der Waals surface area contributed by atoms with Crippen LogP contribution in [0.3, 0.4) is 0 Å². The van der Waals surface area contributed by atoms with Crippen LogP contribution in [0.4, 0.5) is 5.69 Å². The van der Waals surface area contributed by atoms with Crippen LogP contribution in [-0.4, -0.2) is 43.4 Å². The number of ether oxygens (including phenoxy) is 1. The SMILES string of the molecule is COc1ccc(S(=O)(=O)Nc2ccccc2C#Cc2cnc3c(c2)CN(C)C3=O)c2ncccc12. The standard InChI is InChI=1S/C26H20N4O4S/c1-30-16-19-14-17(15-28-24(19)26(30)31)9-10-18-6-3-4-8-21(18)29-35(32,33)23-12-11-22(34-2)20-7-5-13-27-25(20)23/h3-8,11-15,29H,16H2,1-2H3. The zero-order valence-electron chi connectivity index (χ0n) is 18.9. The normalized spacial score (nSPS) is 12.7. The van der Waals surface area contributed by atoms with Crippen molar-refractivity contribution < 1.29 is 17.9 Å². The van der Waals surface area contributed by atoms with Gasteiger partial charge < -0.3 is 9.64 Å². The molecule has 1 amide bonds. The van der Waals surface area contributed by atoms with E-state index < -0.39 is 10.0 Å². The number of methoxy groups -OCH3 is 1. The minimum absolute atomic E-state index is 0.0354. The first-order valence-electron chi connectivity index (χ1n) is 10.7. The van der Waals surface area contributed by atoms with Crippen LogP contribution in [0.25, 0.3) is 10.9 Å². The number of carbonyl (C=O) groups excluding carboxylic acids is 1. The molecule has 0 saturated carbocycles. The van der Waals surface area contributed by atoms with Crippen LogP contribution in [0.2, 0.25) is 0 Å². The number of carbonyl (C=O) groups is 1. The maximum Gasteiger partial charge on any atom is 0.272 e. The molecule has 2 aromatic carbocycles. The first-order chi connectivity index (χ1) is 16.9. The van der Waals surface area contributed by atoms with E-state index in [9.17, 15) is 13.2 Å². The second-order valence-corrected chi connectivity index (χ2v) is 9.61. The second-order valence-electron chi connectivity index (χ2n) is 7.96. The molecule has 2 aromatic heterocycles. The quantitative estimate of drug-likeness (QED) is 0.446. The van der Waals surface area contributed by atoms with Gasteiger partial charge in [0.1, 0.15) is 16.3 Å². The summed E-state index contributed by atoms with van der Waals surface area (Å²) in [5.41, 5.74) is 3.03. The van der Waals surface area contributed by atoms with Gasteiger partial charge in [0, 0.05) is 48.1 Å². The van der Waals surface area contributed by atoms with Crippen molar-refractivity contribution in [2.24, 2.45) is 0 Å². The number of para-hydroxylation sites is 1. The molecule has 0 unspecified atom stereocenters. The summed E-state index contributed by atoms with van der Waals surface area (Å²) >= 11 is 0. The zero-order chi connectivity index (χ0) is 24.6. The highest BCUT2D eigenvalue weighted by Crippen LogP contribution is 2.30. The van der Waals surface area contributed by atoms with E-state index >= 15 is 0 Å². The van der Waals surface area contributed by atoms with Gasteiger partial charge in [-0.25, -0.2) is 13.4 Å². The lowest BCUT2D eigenvalue weighted by atomic mass is 10.1. The van der Waals surface area contributed by atoms with Crippen LogP contribution in [0.5, 0.6) is 5.75 Å². The van der Waals surface area contributed by atoms with Crippen molar-refractivity contribution >= 4 is 32.5 Å². The van der Waals surface area contributed by atoms with Crippen LogP contribution in [0.15, 0.2) is 71.9 Å². The number of sulfonamides is 1. The number of nitrogens with zero attached hydrogens (tertiary/aromatic N) is 3. The molecule has 1 N–H and O–H groups in total. The maximum absolute atomic E-state index is 13.3. The van der Waals surface area contributed by atoms with Gasteiger partial charge in [-0.3, -0.25) is 14.5 Å². The number of fused-ring (bicyclic) bond motifs is 2. The zero-order valence-corrected chi connectivity index (χ0v) is 19.8. The highest BCUT2D eigenvalue weighted by Gasteiger charge is 2.26. The molecular weight excluding hydrogens is 464 g/mol. The van der Waals surface area contributed by atoms with Crippen LogP contribution in [0.1, 0.15) is 27.2 Å². The lowest BCUT2D eigenvalue weighted by Crippen LogP contribution is -2.18. The van der Waals surface area contributed by atoms with Crippen molar-refractivity contribution in [3.05, 3.63) is 89.4 Å². The summed E-state index contributed by atoms with van der Waals surface area (Å²) in [5.74, 6) is 6.47. The first-order valence-corrected chi connectivity index (χ1v) is 12.2. The van der Waals surface area contributed by atoms with E-state index in [4.69, 9.17) is 4.74 Å². The Morgan fingerprint density at radius 2 is 1.89 bits per heavy atom. The Morgan fingerprint density at radius 1 is 1.06 bits per heavy atom. The fraction of sp³-hybridized carbons (Fsp3) is 0.115. The van der Waals surface area contributed by atoms with Gasteiger partial charge >= 0.3 is 0 Å². The lowest BCUT2D eigenvalue weighted by molar-refractivity contribution is 0.0812. The smallest absolute Gasteiger partial charge is 0.272 e. The number of aromatic nitrogens is 2. The Hall–Kier alpha value is -4.42. The molecule has 0 bridgehead atoms. The number of hydrogen-bond acceptors (Lipinski definition) is 6. The fourth-order valence-corrected chi connectivity index (χ4v) is 5.18. The highest BCUT2D eigenvalue weighted by molar-refractivity contribution is 7.93. The van der Waals surface area contributed by atoms with E-state index in [2.05, 4.69) is 26.5 Å². The Kier molecular flexibility index (Phi) is 5.59. The largest absolute Gasteiger partial charge is 0.496 e. The molecule has 0 spiro atoms. The van der Waals surface area contributed by atoms with E-state index in [1.54, 1.807) is 60.6 Å². The Bertz CT molecular complexity index is 1660. The van der Waals surface area contributed by atoms with Crippen LogP contribution in [0, 0.1) is 11.8 Å². The number of anilines is 1. The van der Waals surface area contributed by atoms with Crippen LogP contribution < -0.4 is 9.46 Å². The Labute approximate surface area is 202 Å². The van der Waals surface area contributed by atoms with Crippen LogP contribution >= 0.6 is 0 Å². The Morgan fingerprint density at radius 3 is 2.71 bits per heavy atom. The average molecular weight is 485 g/mol. The summed E-state index contributed by atoms with van der Waals surface area (Å²) < 4.78 is 34.7. The molecule has 0 saturated heterocycles. The minimum Gasteiger partial charge on any atom is -0.496 e. The third kappa shape index (κ3) is 4.16.